The maximum absolute atomic E-state index is 12.6. The van der Waals surface area contributed by atoms with E-state index in [4.69, 9.17) is 14.2 Å². The van der Waals surface area contributed by atoms with Gasteiger partial charge in [-0.15, -0.1) is 0 Å². The van der Waals surface area contributed by atoms with Gasteiger partial charge < -0.3 is 29.5 Å². The van der Waals surface area contributed by atoms with Gasteiger partial charge in [-0.3, -0.25) is 4.79 Å². The van der Waals surface area contributed by atoms with Gasteiger partial charge in [0.25, 0.3) is 0 Å². The van der Waals surface area contributed by atoms with E-state index in [1.54, 1.807) is 13.2 Å². The third-order valence-corrected chi connectivity index (χ3v) is 6.72. The molecule has 0 saturated carbocycles. The van der Waals surface area contributed by atoms with Crippen LogP contribution in [0.15, 0.2) is 36.4 Å². The predicted molar refractivity (Wildman–Crippen MR) is 120 cm³/mol. The van der Waals surface area contributed by atoms with Crippen molar-refractivity contribution in [1.29, 1.82) is 0 Å². The quantitative estimate of drug-likeness (QED) is 0.586. The van der Waals surface area contributed by atoms with E-state index in [9.17, 15) is 9.90 Å². The highest BCUT2D eigenvalue weighted by atomic mass is 16.7. The summed E-state index contributed by atoms with van der Waals surface area (Å²) in [4.78, 5) is 14.1. The molecule has 1 fully saturated rings. The number of ether oxygens (including phenoxy) is 3. The van der Waals surface area contributed by atoms with Gasteiger partial charge in [0.1, 0.15) is 18.0 Å². The zero-order chi connectivity index (χ0) is 22.5. The average molecular weight is 442 g/mol. The van der Waals surface area contributed by atoms with E-state index in [-0.39, 0.29) is 18.4 Å². The Morgan fingerprint density at radius 2 is 2.03 bits per heavy atom. The molecule has 32 heavy (non-hydrogen) atoms. The van der Waals surface area contributed by atoms with Crippen molar-refractivity contribution in [3.63, 3.8) is 0 Å². The van der Waals surface area contributed by atoms with Crippen molar-refractivity contribution >= 4 is 5.91 Å². The van der Waals surface area contributed by atoms with Gasteiger partial charge in [0.15, 0.2) is 11.5 Å². The Labute approximate surface area is 189 Å². The molecule has 2 aliphatic rings. The smallest absolute Gasteiger partial charge is 0.231 e. The standard InChI is InChI=1S/C25H32N2O5/c1-3-18-14-27(15-20-5-6-21(30-2)12-22(20)28)9-8-19(18)11-25(29)26-13-17-4-7-23-24(10-17)32-16-31-23/h4-7,10,12,18-19,28H,3,8-9,11,13-16H2,1-2H3,(H,26,29)/p+1/t18-,19-/m0/s1. The van der Waals surface area contributed by atoms with Crippen LogP contribution in [-0.2, 0) is 17.9 Å². The highest BCUT2D eigenvalue weighted by Crippen LogP contribution is 2.32. The van der Waals surface area contributed by atoms with Crippen LogP contribution in [0, 0.1) is 11.8 Å². The lowest BCUT2D eigenvalue weighted by atomic mass is 9.81. The number of piperidine rings is 1. The summed E-state index contributed by atoms with van der Waals surface area (Å²) in [5, 5.41) is 13.4. The summed E-state index contributed by atoms with van der Waals surface area (Å²) in [7, 11) is 1.60. The summed E-state index contributed by atoms with van der Waals surface area (Å²) in [6.45, 7) is 5.75. The SMILES string of the molecule is CC[C@H]1C[NH+](Cc2ccc(OC)cc2O)CC[C@H]1CC(=O)NCc1ccc2c(c1)OCO2. The molecular weight excluding hydrogens is 408 g/mol. The highest BCUT2D eigenvalue weighted by molar-refractivity contribution is 5.76. The zero-order valence-electron chi connectivity index (χ0n) is 18.9. The van der Waals surface area contributed by atoms with Crippen molar-refractivity contribution in [2.45, 2.75) is 39.3 Å². The van der Waals surface area contributed by atoms with Crippen LogP contribution < -0.4 is 24.4 Å². The van der Waals surface area contributed by atoms with E-state index in [2.05, 4.69) is 12.2 Å². The van der Waals surface area contributed by atoms with E-state index in [1.165, 1.54) is 4.90 Å². The number of carbonyl (C=O) groups is 1. The molecule has 3 N–H and O–H groups in total. The van der Waals surface area contributed by atoms with Crippen LogP contribution in [0.25, 0.3) is 0 Å². The number of carbonyl (C=O) groups excluding carboxylic acids is 1. The maximum atomic E-state index is 12.6. The average Bonchev–Trinajstić information content (AvgIpc) is 3.28. The number of methoxy groups -OCH3 is 1. The summed E-state index contributed by atoms with van der Waals surface area (Å²) in [5.41, 5.74) is 1.95. The highest BCUT2D eigenvalue weighted by Gasteiger charge is 2.32. The Morgan fingerprint density at radius 3 is 2.81 bits per heavy atom. The number of likely N-dealkylation sites (tertiary alicyclic amines) is 1. The molecule has 1 unspecified atom stereocenters. The number of rotatable bonds is 8. The third-order valence-electron chi connectivity index (χ3n) is 6.72. The number of amides is 1. The van der Waals surface area contributed by atoms with E-state index >= 15 is 0 Å². The molecule has 2 aromatic carbocycles. The first-order chi connectivity index (χ1) is 15.6. The van der Waals surface area contributed by atoms with Gasteiger partial charge >= 0.3 is 0 Å². The van der Waals surface area contributed by atoms with Crippen LogP contribution in [0.5, 0.6) is 23.0 Å². The number of fused-ring (bicyclic) bond motifs is 1. The molecule has 2 heterocycles. The fourth-order valence-corrected chi connectivity index (χ4v) is 4.82. The Balaban J connectivity index is 1.27. The number of hydrogen-bond donors (Lipinski definition) is 3. The van der Waals surface area contributed by atoms with E-state index in [1.807, 2.05) is 30.3 Å². The number of aromatic hydroxyl groups is 1. The van der Waals surface area contributed by atoms with Crippen LogP contribution in [0.1, 0.15) is 37.3 Å². The molecule has 0 radical (unpaired) electrons. The van der Waals surface area contributed by atoms with Crippen LogP contribution in [0.3, 0.4) is 0 Å². The van der Waals surface area contributed by atoms with Gasteiger partial charge in [-0.05, 0) is 42.2 Å². The number of phenols is 1. The van der Waals surface area contributed by atoms with Gasteiger partial charge in [-0.2, -0.15) is 0 Å². The molecule has 1 saturated heterocycles. The molecule has 4 rings (SSSR count). The molecule has 0 bridgehead atoms. The minimum absolute atomic E-state index is 0.0994. The van der Waals surface area contributed by atoms with Crippen LogP contribution in [-0.4, -0.2) is 38.0 Å². The Kier molecular flexibility index (Phi) is 7.05. The number of quaternary nitrogens is 1. The molecule has 0 aliphatic carbocycles. The first-order valence-electron chi connectivity index (χ1n) is 11.4. The molecule has 7 heteroatoms. The number of benzene rings is 2. The predicted octanol–water partition coefficient (Wildman–Crippen LogP) is 2.27. The molecule has 7 nitrogen and oxygen atoms in total. The minimum atomic E-state index is 0.0994. The number of hydrogen-bond acceptors (Lipinski definition) is 5. The normalized spacial score (nSPS) is 21.9. The summed E-state index contributed by atoms with van der Waals surface area (Å²) in [6, 6.07) is 11.3. The zero-order valence-corrected chi connectivity index (χ0v) is 18.9. The van der Waals surface area contributed by atoms with Crippen molar-refractivity contribution in [2.75, 3.05) is 27.0 Å². The summed E-state index contributed by atoms with van der Waals surface area (Å²) in [5.74, 6) is 3.43. The topological polar surface area (TPSA) is 81.5 Å². The summed E-state index contributed by atoms with van der Waals surface area (Å²) >= 11 is 0. The number of nitrogens with one attached hydrogen (secondary N) is 2. The van der Waals surface area contributed by atoms with E-state index < -0.39 is 0 Å². The summed E-state index contributed by atoms with van der Waals surface area (Å²) in [6.07, 6.45) is 2.63. The Bertz CT molecular complexity index is 948. The lowest BCUT2D eigenvalue weighted by Gasteiger charge is -2.35. The first-order valence-corrected chi connectivity index (χ1v) is 11.4. The maximum Gasteiger partial charge on any atom is 0.231 e. The van der Waals surface area contributed by atoms with Crippen LogP contribution in [0.4, 0.5) is 0 Å². The Hall–Kier alpha value is -2.93. The molecular formula is C25H33N2O5+. The van der Waals surface area contributed by atoms with Crippen molar-refractivity contribution in [1.82, 2.24) is 5.32 Å². The van der Waals surface area contributed by atoms with Crippen LogP contribution in [0.2, 0.25) is 0 Å². The monoisotopic (exact) mass is 441 g/mol. The molecule has 1 amide bonds. The van der Waals surface area contributed by atoms with Crippen molar-refractivity contribution in [3.8, 4) is 23.0 Å². The largest absolute Gasteiger partial charge is 0.507 e. The van der Waals surface area contributed by atoms with Crippen molar-refractivity contribution in [3.05, 3.63) is 47.5 Å². The van der Waals surface area contributed by atoms with Crippen molar-refractivity contribution < 1.29 is 29.0 Å². The third kappa shape index (κ3) is 5.27. The van der Waals surface area contributed by atoms with Gasteiger partial charge in [-0.1, -0.05) is 13.0 Å². The van der Waals surface area contributed by atoms with Gasteiger partial charge in [0.05, 0.1) is 20.2 Å². The summed E-state index contributed by atoms with van der Waals surface area (Å²) < 4.78 is 15.9. The van der Waals surface area contributed by atoms with Crippen LogP contribution >= 0.6 is 0 Å². The van der Waals surface area contributed by atoms with E-state index in [0.29, 0.717) is 30.6 Å². The molecule has 172 valence electrons. The lowest BCUT2D eigenvalue weighted by molar-refractivity contribution is -0.923. The fraction of sp³-hybridized carbons (Fsp3) is 0.480. The van der Waals surface area contributed by atoms with Gasteiger partial charge in [0.2, 0.25) is 12.7 Å². The molecule has 2 aromatic rings. The fourth-order valence-electron chi connectivity index (χ4n) is 4.82. The first kappa shape index (κ1) is 22.3. The lowest BCUT2D eigenvalue weighted by Crippen LogP contribution is -3.12. The number of phenolic OH excluding ortho intramolecular Hbond substituents is 1. The van der Waals surface area contributed by atoms with Gasteiger partial charge in [0, 0.05) is 36.9 Å². The molecule has 3 atom stereocenters. The van der Waals surface area contributed by atoms with E-state index in [0.717, 1.165) is 55.1 Å². The minimum Gasteiger partial charge on any atom is -0.507 e. The van der Waals surface area contributed by atoms with Gasteiger partial charge in [-0.25, -0.2) is 0 Å². The molecule has 0 spiro atoms. The molecule has 0 aromatic heterocycles. The second-order valence-electron chi connectivity index (χ2n) is 8.76. The Morgan fingerprint density at radius 1 is 1.19 bits per heavy atom. The van der Waals surface area contributed by atoms with Crippen molar-refractivity contribution in [2.24, 2.45) is 11.8 Å². The second kappa shape index (κ2) is 10.1. The second-order valence-corrected chi connectivity index (χ2v) is 8.76. The molecule has 2 aliphatic heterocycles.